The minimum absolute atomic E-state index is 0.398. The Bertz CT molecular complexity index is 1100. The maximum absolute atomic E-state index is 12.8. The second kappa shape index (κ2) is 8.43. The average molecular weight is 428 g/mol. The molecule has 0 atom stereocenters. The lowest BCUT2D eigenvalue weighted by molar-refractivity contribution is -0.145. The molecule has 0 amide bonds. The van der Waals surface area contributed by atoms with Gasteiger partial charge in [0.25, 0.3) is 0 Å². The summed E-state index contributed by atoms with van der Waals surface area (Å²) >= 11 is 0. The first-order valence-electron chi connectivity index (χ1n) is 9.62. The Morgan fingerprint density at radius 1 is 1.13 bits per heavy atom. The van der Waals surface area contributed by atoms with Crippen molar-refractivity contribution in [2.75, 3.05) is 13.7 Å². The molecular weight excluding hydrogens is 409 g/mol. The van der Waals surface area contributed by atoms with Gasteiger partial charge in [-0.2, -0.15) is 13.2 Å². The van der Waals surface area contributed by atoms with Crippen molar-refractivity contribution in [1.82, 2.24) is 19.9 Å². The molecule has 1 aliphatic heterocycles. The topological polar surface area (TPSA) is 68.2 Å². The van der Waals surface area contributed by atoms with Crippen LogP contribution < -0.4 is 0 Å². The molecule has 0 spiro atoms. The maximum Gasteiger partial charge on any atom is 0.451 e. The lowest BCUT2D eigenvalue weighted by Crippen LogP contribution is -2.32. The largest absolute Gasteiger partial charge is 0.465 e. The first-order valence-corrected chi connectivity index (χ1v) is 9.62. The summed E-state index contributed by atoms with van der Waals surface area (Å²) in [6, 6.07) is 12.7. The fourth-order valence-corrected chi connectivity index (χ4v) is 3.50. The summed E-state index contributed by atoms with van der Waals surface area (Å²) in [6.45, 7) is 1.60. The second-order valence-corrected chi connectivity index (χ2v) is 7.21. The van der Waals surface area contributed by atoms with Gasteiger partial charge in [0.1, 0.15) is 0 Å². The van der Waals surface area contributed by atoms with Crippen LogP contribution in [0.2, 0.25) is 0 Å². The molecule has 9 heteroatoms. The number of hydrogen-bond acceptors (Lipinski definition) is 6. The minimum Gasteiger partial charge on any atom is -0.465 e. The molecule has 0 fully saturated rings. The van der Waals surface area contributed by atoms with Crippen molar-refractivity contribution in [3.8, 4) is 11.3 Å². The fraction of sp³-hybridized carbons (Fsp3) is 0.273. The molecule has 0 aliphatic carbocycles. The summed E-state index contributed by atoms with van der Waals surface area (Å²) in [5.74, 6) is -1.49. The number of alkyl halides is 3. The van der Waals surface area contributed by atoms with E-state index in [4.69, 9.17) is 9.72 Å². The highest BCUT2D eigenvalue weighted by Gasteiger charge is 2.35. The highest BCUT2D eigenvalue weighted by Crippen LogP contribution is 2.28. The predicted octanol–water partition coefficient (Wildman–Crippen LogP) is 3.90. The van der Waals surface area contributed by atoms with Crippen LogP contribution in [0.15, 0.2) is 48.7 Å². The zero-order valence-corrected chi connectivity index (χ0v) is 16.7. The maximum atomic E-state index is 12.8. The predicted molar refractivity (Wildman–Crippen MR) is 106 cm³/mol. The Morgan fingerprint density at radius 2 is 1.90 bits per heavy atom. The molecular formula is C22H19F3N4O2. The third-order valence-corrected chi connectivity index (χ3v) is 5.06. The molecule has 1 aliphatic rings. The molecule has 6 nitrogen and oxygen atoms in total. The van der Waals surface area contributed by atoms with Crippen molar-refractivity contribution < 1.29 is 22.7 Å². The molecule has 4 rings (SSSR count). The van der Waals surface area contributed by atoms with E-state index in [1.54, 1.807) is 12.1 Å². The van der Waals surface area contributed by atoms with Crippen LogP contribution in [0.1, 0.15) is 33.1 Å². The summed E-state index contributed by atoms with van der Waals surface area (Å²) in [6.07, 6.45) is -2.84. The van der Waals surface area contributed by atoms with Crippen molar-refractivity contribution in [3.05, 3.63) is 77.0 Å². The number of carbonyl (C=O) groups excluding carboxylic acids is 1. The molecule has 0 bridgehead atoms. The van der Waals surface area contributed by atoms with Gasteiger partial charge in [-0.25, -0.2) is 14.8 Å². The normalized spacial score (nSPS) is 14.2. The van der Waals surface area contributed by atoms with Crippen molar-refractivity contribution in [3.63, 3.8) is 0 Å². The van der Waals surface area contributed by atoms with Gasteiger partial charge in [0.2, 0.25) is 5.82 Å². The molecule has 3 heterocycles. The van der Waals surface area contributed by atoms with E-state index in [2.05, 4.69) is 14.9 Å². The molecule has 31 heavy (non-hydrogen) atoms. The number of hydrogen-bond donors (Lipinski definition) is 0. The van der Waals surface area contributed by atoms with Crippen molar-refractivity contribution in [1.29, 1.82) is 0 Å². The Hall–Kier alpha value is -3.33. The first kappa shape index (κ1) is 20.9. The summed E-state index contributed by atoms with van der Waals surface area (Å²) in [4.78, 5) is 25.5. The first-order chi connectivity index (χ1) is 14.8. The Balaban J connectivity index is 1.47. The summed E-state index contributed by atoms with van der Waals surface area (Å²) in [5, 5.41) is 0. The summed E-state index contributed by atoms with van der Waals surface area (Å²) in [7, 11) is 1.33. The van der Waals surface area contributed by atoms with E-state index >= 15 is 0 Å². The molecule has 0 unspecified atom stereocenters. The number of esters is 1. The number of nitrogens with zero attached hydrogens (tertiary/aromatic N) is 4. The molecule has 1 aromatic carbocycles. The van der Waals surface area contributed by atoms with E-state index in [-0.39, 0.29) is 0 Å². The van der Waals surface area contributed by atoms with Crippen LogP contribution in [0.25, 0.3) is 11.3 Å². The van der Waals surface area contributed by atoms with E-state index in [1.807, 2.05) is 30.3 Å². The van der Waals surface area contributed by atoms with Crippen molar-refractivity contribution in [2.24, 2.45) is 0 Å². The number of carbonyl (C=O) groups is 1. The van der Waals surface area contributed by atoms with Gasteiger partial charge in [0.05, 0.1) is 29.8 Å². The fourth-order valence-electron chi connectivity index (χ4n) is 3.50. The Labute approximate surface area is 176 Å². The van der Waals surface area contributed by atoms with E-state index in [1.165, 1.54) is 13.3 Å². The van der Waals surface area contributed by atoms with E-state index < -0.39 is 18.0 Å². The van der Waals surface area contributed by atoms with Crippen LogP contribution in [0, 0.1) is 0 Å². The number of benzene rings is 1. The molecule has 0 saturated heterocycles. The SMILES string of the molecule is COC(=O)c1ccc(-c2cccc(CN3CCc4nc(C(F)(F)F)ncc4C3)n2)cc1. The zero-order valence-electron chi connectivity index (χ0n) is 16.7. The molecule has 160 valence electrons. The average Bonchev–Trinajstić information content (AvgIpc) is 2.78. The van der Waals surface area contributed by atoms with Gasteiger partial charge in [0.15, 0.2) is 0 Å². The van der Waals surface area contributed by atoms with Crippen molar-refractivity contribution >= 4 is 5.97 Å². The van der Waals surface area contributed by atoms with Crippen LogP contribution in [0.3, 0.4) is 0 Å². The number of pyridine rings is 1. The van der Waals surface area contributed by atoms with Gasteiger partial charge in [-0.15, -0.1) is 0 Å². The monoisotopic (exact) mass is 428 g/mol. The van der Waals surface area contributed by atoms with E-state index in [0.717, 1.165) is 17.0 Å². The van der Waals surface area contributed by atoms with Gasteiger partial charge in [0, 0.05) is 43.4 Å². The highest BCUT2D eigenvalue weighted by molar-refractivity contribution is 5.89. The zero-order chi connectivity index (χ0) is 22.0. The third kappa shape index (κ3) is 4.72. The Kier molecular flexibility index (Phi) is 5.69. The standard InChI is InChI=1S/C22H19F3N4O2/c1-31-20(30)15-7-5-14(6-8-15)18-4-2-3-17(27-18)13-29-10-9-19-16(12-29)11-26-21(28-19)22(23,24)25/h2-8,11H,9-10,12-13H2,1H3. The van der Waals surface area contributed by atoms with Crippen LogP contribution in [0.4, 0.5) is 13.2 Å². The van der Waals surface area contributed by atoms with E-state index in [0.29, 0.717) is 42.9 Å². The van der Waals surface area contributed by atoms with Crippen LogP contribution in [-0.2, 0) is 30.4 Å². The lowest BCUT2D eigenvalue weighted by Gasteiger charge is -2.27. The lowest BCUT2D eigenvalue weighted by atomic mass is 10.1. The molecule has 0 radical (unpaired) electrons. The third-order valence-electron chi connectivity index (χ3n) is 5.06. The van der Waals surface area contributed by atoms with Crippen LogP contribution in [-0.4, -0.2) is 39.5 Å². The van der Waals surface area contributed by atoms with Crippen molar-refractivity contribution in [2.45, 2.75) is 25.7 Å². The molecule has 0 N–H and O–H groups in total. The Morgan fingerprint density at radius 3 is 2.61 bits per heavy atom. The van der Waals surface area contributed by atoms with Gasteiger partial charge in [-0.3, -0.25) is 9.88 Å². The van der Waals surface area contributed by atoms with Gasteiger partial charge in [-0.1, -0.05) is 18.2 Å². The quantitative estimate of drug-likeness (QED) is 0.587. The van der Waals surface area contributed by atoms with Gasteiger partial charge < -0.3 is 4.74 Å². The van der Waals surface area contributed by atoms with E-state index in [9.17, 15) is 18.0 Å². The summed E-state index contributed by atoms with van der Waals surface area (Å²) in [5.41, 5.74) is 4.09. The molecule has 0 saturated carbocycles. The minimum atomic E-state index is -4.54. The number of rotatable bonds is 4. The van der Waals surface area contributed by atoms with Gasteiger partial charge >= 0.3 is 12.1 Å². The number of aromatic nitrogens is 3. The highest BCUT2D eigenvalue weighted by atomic mass is 19.4. The number of halogens is 3. The molecule has 3 aromatic rings. The number of ether oxygens (including phenoxy) is 1. The summed E-state index contributed by atoms with van der Waals surface area (Å²) < 4.78 is 43.1. The molecule has 2 aromatic heterocycles. The smallest absolute Gasteiger partial charge is 0.451 e. The number of methoxy groups -OCH3 is 1. The van der Waals surface area contributed by atoms with Crippen LogP contribution >= 0.6 is 0 Å². The van der Waals surface area contributed by atoms with Crippen LogP contribution in [0.5, 0.6) is 0 Å². The van der Waals surface area contributed by atoms with Gasteiger partial charge in [-0.05, 0) is 24.3 Å². The number of fused-ring (bicyclic) bond motifs is 1. The second-order valence-electron chi connectivity index (χ2n) is 7.21.